The lowest BCUT2D eigenvalue weighted by molar-refractivity contribution is 0.186. The molecule has 2 rings (SSSR count). The normalized spacial score (nSPS) is 20.5. The van der Waals surface area contributed by atoms with Crippen molar-refractivity contribution in [1.82, 2.24) is 0 Å². The minimum atomic E-state index is 0.611. The van der Waals surface area contributed by atoms with E-state index in [0.29, 0.717) is 5.92 Å². The van der Waals surface area contributed by atoms with Gasteiger partial charge in [0.05, 0.1) is 12.8 Å². The van der Waals surface area contributed by atoms with Crippen molar-refractivity contribution < 1.29 is 9.47 Å². The molecule has 1 atom stereocenters. The molecule has 1 aliphatic heterocycles. The molecule has 0 aliphatic carbocycles. The van der Waals surface area contributed by atoms with E-state index in [-0.39, 0.29) is 0 Å². The van der Waals surface area contributed by atoms with Crippen LogP contribution in [-0.4, -0.2) is 20.3 Å². The average molecular weight is 207 g/mol. The van der Waals surface area contributed by atoms with Gasteiger partial charge in [-0.2, -0.15) is 0 Å². The lowest BCUT2D eigenvalue weighted by atomic mass is 9.97. The van der Waals surface area contributed by atoms with Gasteiger partial charge in [-0.3, -0.25) is 0 Å². The first-order chi connectivity index (χ1) is 7.31. The van der Waals surface area contributed by atoms with E-state index < -0.39 is 0 Å². The summed E-state index contributed by atoms with van der Waals surface area (Å²) in [7, 11) is 1.65. The van der Waals surface area contributed by atoms with E-state index in [1.54, 1.807) is 7.11 Å². The summed E-state index contributed by atoms with van der Waals surface area (Å²) >= 11 is 0. The van der Waals surface area contributed by atoms with Gasteiger partial charge in [0.15, 0.2) is 0 Å². The molecule has 1 aliphatic rings. The Morgan fingerprint density at radius 1 is 1.53 bits per heavy atom. The third-order valence-corrected chi connectivity index (χ3v) is 2.91. The van der Waals surface area contributed by atoms with Crippen LogP contribution in [0.2, 0.25) is 0 Å². The molecule has 0 bridgehead atoms. The molecule has 0 saturated carbocycles. The molecule has 3 heteroatoms. The highest BCUT2D eigenvalue weighted by molar-refractivity contribution is 5.58. The molecular formula is C12H17NO2. The van der Waals surface area contributed by atoms with Gasteiger partial charge in [-0.15, -0.1) is 0 Å². The Morgan fingerprint density at radius 3 is 3.07 bits per heavy atom. The highest BCUT2D eigenvalue weighted by Crippen LogP contribution is 2.28. The second kappa shape index (κ2) is 4.53. The van der Waals surface area contributed by atoms with Gasteiger partial charge >= 0.3 is 0 Å². The van der Waals surface area contributed by atoms with E-state index in [9.17, 15) is 0 Å². The predicted octanol–water partition coefficient (Wildman–Crippen LogP) is 1.86. The Labute approximate surface area is 90.2 Å². The van der Waals surface area contributed by atoms with Gasteiger partial charge in [-0.1, -0.05) is 12.1 Å². The highest BCUT2D eigenvalue weighted by Gasteiger charge is 2.17. The average Bonchev–Trinajstić information content (AvgIpc) is 2.74. The maximum atomic E-state index is 6.01. The highest BCUT2D eigenvalue weighted by atomic mass is 16.5. The molecule has 1 unspecified atom stereocenters. The first-order valence-electron chi connectivity index (χ1n) is 5.30. The molecule has 0 amide bonds. The van der Waals surface area contributed by atoms with Crippen LogP contribution in [0.5, 0.6) is 5.75 Å². The van der Waals surface area contributed by atoms with Crippen molar-refractivity contribution in [2.75, 3.05) is 26.1 Å². The van der Waals surface area contributed by atoms with Crippen molar-refractivity contribution in [3.05, 3.63) is 23.8 Å². The van der Waals surface area contributed by atoms with E-state index in [1.165, 1.54) is 5.56 Å². The number of rotatable bonds is 3. The number of hydrogen-bond acceptors (Lipinski definition) is 3. The summed E-state index contributed by atoms with van der Waals surface area (Å²) in [5.74, 6) is 1.38. The molecule has 1 saturated heterocycles. The monoisotopic (exact) mass is 207 g/mol. The molecule has 1 aromatic carbocycles. The zero-order chi connectivity index (χ0) is 10.7. The Balaban J connectivity index is 2.13. The first-order valence-corrected chi connectivity index (χ1v) is 5.30. The Bertz CT molecular complexity index is 332. The Kier molecular flexibility index (Phi) is 3.11. The van der Waals surface area contributed by atoms with Crippen molar-refractivity contribution in [3.8, 4) is 5.75 Å². The summed E-state index contributed by atoms with van der Waals surface area (Å²) in [5, 5.41) is 0. The lowest BCUT2D eigenvalue weighted by Crippen LogP contribution is -2.06. The number of hydrogen-bond donors (Lipinski definition) is 1. The van der Waals surface area contributed by atoms with Gasteiger partial charge in [-0.05, 0) is 30.4 Å². The van der Waals surface area contributed by atoms with Crippen LogP contribution in [-0.2, 0) is 11.2 Å². The summed E-state index contributed by atoms with van der Waals surface area (Å²) in [4.78, 5) is 0. The smallest absolute Gasteiger partial charge is 0.142 e. The predicted molar refractivity (Wildman–Crippen MR) is 60.0 cm³/mol. The SMILES string of the molecule is COc1cccc(CC2CCOC2)c1N. The summed E-state index contributed by atoms with van der Waals surface area (Å²) < 4.78 is 10.5. The molecule has 0 radical (unpaired) electrons. The third kappa shape index (κ3) is 2.23. The maximum absolute atomic E-state index is 6.01. The van der Waals surface area contributed by atoms with Crippen LogP contribution in [0.15, 0.2) is 18.2 Å². The van der Waals surface area contributed by atoms with Crippen LogP contribution in [0.3, 0.4) is 0 Å². The van der Waals surface area contributed by atoms with Crippen molar-refractivity contribution in [2.45, 2.75) is 12.8 Å². The summed E-state index contributed by atoms with van der Waals surface area (Å²) in [6, 6.07) is 5.94. The topological polar surface area (TPSA) is 44.5 Å². The van der Waals surface area contributed by atoms with Crippen molar-refractivity contribution in [3.63, 3.8) is 0 Å². The lowest BCUT2D eigenvalue weighted by Gasteiger charge is -2.12. The maximum Gasteiger partial charge on any atom is 0.142 e. The van der Waals surface area contributed by atoms with Crippen LogP contribution >= 0.6 is 0 Å². The van der Waals surface area contributed by atoms with Crippen LogP contribution in [0.1, 0.15) is 12.0 Å². The minimum Gasteiger partial charge on any atom is -0.495 e. The van der Waals surface area contributed by atoms with Crippen LogP contribution < -0.4 is 10.5 Å². The first kappa shape index (κ1) is 10.3. The number of para-hydroxylation sites is 1. The number of benzene rings is 1. The molecule has 15 heavy (non-hydrogen) atoms. The molecule has 2 N–H and O–H groups in total. The van der Waals surface area contributed by atoms with E-state index in [2.05, 4.69) is 6.07 Å². The molecule has 82 valence electrons. The van der Waals surface area contributed by atoms with Crippen LogP contribution in [0.4, 0.5) is 5.69 Å². The van der Waals surface area contributed by atoms with E-state index in [0.717, 1.165) is 37.5 Å². The number of methoxy groups -OCH3 is 1. The molecule has 1 aromatic rings. The standard InChI is InChI=1S/C12H17NO2/c1-14-11-4-2-3-10(12(11)13)7-9-5-6-15-8-9/h2-4,9H,5-8,13H2,1H3. The van der Waals surface area contributed by atoms with Gasteiger partial charge in [-0.25, -0.2) is 0 Å². The number of anilines is 1. The molecule has 3 nitrogen and oxygen atoms in total. The molecule has 1 heterocycles. The summed E-state index contributed by atoms with van der Waals surface area (Å²) in [5.41, 5.74) is 7.95. The molecule has 0 aromatic heterocycles. The third-order valence-electron chi connectivity index (χ3n) is 2.91. The number of nitrogens with two attached hydrogens (primary N) is 1. The molecule has 1 fully saturated rings. The van der Waals surface area contributed by atoms with E-state index >= 15 is 0 Å². The van der Waals surface area contributed by atoms with Crippen LogP contribution in [0, 0.1) is 5.92 Å². The van der Waals surface area contributed by atoms with Crippen molar-refractivity contribution >= 4 is 5.69 Å². The quantitative estimate of drug-likeness (QED) is 0.769. The fourth-order valence-corrected chi connectivity index (χ4v) is 2.00. The second-order valence-electron chi connectivity index (χ2n) is 3.97. The van der Waals surface area contributed by atoms with Gasteiger partial charge in [0.1, 0.15) is 5.75 Å². The summed E-state index contributed by atoms with van der Waals surface area (Å²) in [6.45, 7) is 1.74. The van der Waals surface area contributed by atoms with Gasteiger partial charge < -0.3 is 15.2 Å². The zero-order valence-electron chi connectivity index (χ0n) is 9.03. The molecular weight excluding hydrogens is 190 g/mol. The number of ether oxygens (including phenoxy) is 2. The van der Waals surface area contributed by atoms with Crippen molar-refractivity contribution in [1.29, 1.82) is 0 Å². The van der Waals surface area contributed by atoms with Crippen molar-refractivity contribution in [2.24, 2.45) is 5.92 Å². The summed E-state index contributed by atoms with van der Waals surface area (Å²) in [6.07, 6.45) is 2.12. The fourth-order valence-electron chi connectivity index (χ4n) is 2.00. The molecule has 0 spiro atoms. The Hall–Kier alpha value is -1.22. The largest absolute Gasteiger partial charge is 0.495 e. The second-order valence-corrected chi connectivity index (χ2v) is 3.97. The van der Waals surface area contributed by atoms with Gasteiger partial charge in [0, 0.05) is 13.2 Å². The van der Waals surface area contributed by atoms with Crippen LogP contribution in [0.25, 0.3) is 0 Å². The number of nitrogen functional groups attached to an aromatic ring is 1. The fraction of sp³-hybridized carbons (Fsp3) is 0.500. The zero-order valence-corrected chi connectivity index (χ0v) is 9.03. The minimum absolute atomic E-state index is 0.611. The van der Waals surface area contributed by atoms with Gasteiger partial charge in [0.2, 0.25) is 0 Å². The Morgan fingerprint density at radius 2 is 2.40 bits per heavy atom. The van der Waals surface area contributed by atoms with Gasteiger partial charge in [0.25, 0.3) is 0 Å². The van der Waals surface area contributed by atoms with E-state index in [4.69, 9.17) is 15.2 Å². The van der Waals surface area contributed by atoms with E-state index in [1.807, 2.05) is 12.1 Å².